The van der Waals surface area contributed by atoms with E-state index in [-0.39, 0.29) is 5.82 Å². The minimum absolute atomic E-state index is 0.100. The summed E-state index contributed by atoms with van der Waals surface area (Å²) in [4.78, 5) is 0. The van der Waals surface area contributed by atoms with Crippen LogP contribution < -0.4 is 0 Å². The summed E-state index contributed by atoms with van der Waals surface area (Å²) in [5.41, 5.74) is 1.75. The third-order valence-corrected chi connectivity index (χ3v) is 1.83. The van der Waals surface area contributed by atoms with Crippen molar-refractivity contribution in [1.82, 2.24) is 0 Å². The first-order valence-corrected chi connectivity index (χ1v) is 4.10. The van der Waals surface area contributed by atoms with E-state index in [1.807, 2.05) is 19.1 Å². The van der Waals surface area contributed by atoms with E-state index in [0.29, 0.717) is 0 Å². The average molecular weight is 164 g/mol. The van der Waals surface area contributed by atoms with Crippen molar-refractivity contribution in [3.8, 4) is 0 Å². The molecular weight excluding hydrogens is 151 g/mol. The Morgan fingerprint density at radius 3 is 2.83 bits per heavy atom. The molecule has 0 aliphatic carbocycles. The molecule has 12 heavy (non-hydrogen) atoms. The monoisotopic (exact) mass is 164 g/mol. The molecule has 0 heterocycles. The smallest absolute Gasteiger partial charge is 0.126 e. The lowest BCUT2D eigenvalue weighted by Gasteiger charge is -2.01. The van der Waals surface area contributed by atoms with Crippen molar-refractivity contribution in [2.45, 2.75) is 19.8 Å². The van der Waals surface area contributed by atoms with Crippen molar-refractivity contribution >= 4 is 0 Å². The zero-order chi connectivity index (χ0) is 8.97. The van der Waals surface area contributed by atoms with Crippen LogP contribution in [-0.2, 0) is 6.42 Å². The van der Waals surface area contributed by atoms with E-state index in [1.165, 1.54) is 0 Å². The van der Waals surface area contributed by atoms with E-state index in [1.54, 1.807) is 12.1 Å². The molecule has 1 aromatic carbocycles. The number of benzene rings is 1. The summed E-state index contributed by atoms with van der Waals surface area (Å²) in [6.07, 6.45) is 3.38. The Morgan fingerprint density at radius 2 is 2.25 bits per heavy atom. The summed E-state index contributed by atoms with van der Waals surface area (Å²) in [5.74, 6) is -0.100. The van der Waals surface area contributed by atoms with E-state index in [2.05, 4.69) is 6.58 Å². The molecule has 1 aromatic rings. The molecule has 0 aliphatic heterocycles. The summed E-state index contributed by atoms with van der Waals surface area (Å²) < 4.78 is 13.1. The molecule has 0 amide bonds. The molecule has 1 rings (SSSR count). The number of hydrogen-bond acceptors (Lipinski definition) is 0. The molecular formula is C11H13F. The number of aryl methyl sites for hydroxylation is 2. The number of halogens is 1. The van der Waals surface area contributed by atoms with Gasteiger partial charge in [-0.2, -0.15) is 0 Å². The lowest BCUT2D eigenvalue weighted by molar-refractivity contribution is 0.608. The van der Waals surface area contributed by atoms with Crippen LogP contribution in [0.3, 0.4) is 0 Å². The Kier molecular flexibility index (Phi) is 3.03. The van der Waals surface area contributed by atoms with Gasteiger partial charge in [0.15, 0.2) is 0 Å². The molecule has 0 nitrogen and oxygen atoms in total. The first-order chi connectivity index (χ1) is 5.74. The predicted molar refractivity (Wildman–Crippen MR) is 49.7 cm³/mol. The largest absolute Gasteiger partial charge is 0.207 e. The standard InChI is InChI=1S/C11H13F/c1-3-4-5-10-7-6-9(2)8-11(10)12/h3,6-8H,1,4-5H2,2H3. The van der Waals surface area contributed by atoms with Crippen molar-refractivity contribution in [2.75, 3.05) is 0 Å². The fourth-order valence-corrected chi connectivity index (χ4v) is 1.11. The Morgan fingerprint density at radius 1 is 1.50 bits per heavy atom. The van der Waals surface area contributed by atoms with Gasteiger partial charge in [0.25, 0.3) is 0 Å². The number of hydrogen-bond donors (Lipinski definition) is 0. The fraction of sp³-hybridized carbons (Fsp3) is 0.273. The molecule has 0 N–H and O–H groups in total. The first-order valence-electron chi connectivity index (χ1n) is 4.10. The van der Waals surface area contributed by atoms with Gasteiger partial charge >= 0.3 is 0 Å². The molecule has 0 unspecified atom stereocenters. The molecule has 0 fully saturated rings. The van der Waals surface area contributed by atoms with Gasteiger partial charge < -0.3 is 0 Å². The van der Waals surface area contributed by atoms with Crippen molar-refractivity contribution in [1.29, 1.82) is 0 Å². The molecule has 0 aliphatic rings. The molecule has 0 radical (unpaired) electrons. The zero-order valence-corrected chi connectivity index (χ0v) is 7.31. The van der Waals surface area contributed by atoms with Gasteiger partial charge in [0, 0.05) is 0 Å². The minimum Gasteiger partial charge on any atom is -0.207 e. The van der Waals surface area contributed by atoms with Crippen LogP contribution in [0.2, 0.25) is 0 Å². The van der Waals surface area contributed by atoms with Crippen LogP contribution in [0.25, 0.3) is 0 Å². The van der Waals surface area contributed by atoms with E-state index < -0.39 is 0 Å². The van der Waals surface area contributed by atoms with Crippen LogP contribution in [0.15, 0.2) is 30.9 Å². The average Bonchev–Trinajstić information content (AvgIpc) is 2.03. The summed E-state index contributed by atoms with van der Waals surface area (Å²) in [6, 6.07) is 5.34. The molecule has 0 saturated heterocycles. The Bertz CT molecular complexity index is 276. The van der Waals surface area contributed by atoms with Gasteiger partial charge in [0.2, 0.25) is 0 Å². The van der Waals surface area contributed by atoms with Crippen LogP contribution in [0.5, 0.6) is 0 Å². The number of rotatable bonds is 3. The third kappa shape index (κ3) is 2.19. The van der Waals surface area contributed by atoms with Gasteiger partial charge in [-0.05, 0) is 37.0 Å². The lowest BCUT2D eigenvalue weighted by atomic mass is 10.1. The predicted octanol–water partition coefficient (Wildman–Crippen LogP) is 3.25. The van der Waals surface area contributed by atoms with Gasteiger partial charge in [-0.3, -0.25) is 0 Å². The second-order valence-corrected chi connectivity index (χ2v) is 2.92. The van der Waals surface area contributed by atoms with Crippen molar-refractivity contribution in [2.24, 2.45) is 0 Å². The zero-order valence-electron chi connectivity index (χ0n) is 7.31. The highest BCUT2D eigenvalue weighted by Gasteiger charge is 1.99. The second-order valence-electron chi connectivity index (χ2n) is 2.92. The van der Waals surface area contributed by atoms with Gasteiger partial charge in [0.1, 0.15) is 5.82 Å². The highest BCUT2D eigenvalue weighted by atomic mass is 19.1. The second kappa shape index (κ2) is 4.05. The summed E-state index contributed by atoms with van der Waals surface area (Å²) >= 11 is 0. The Labute approximate surface area is 72.7 Å². The minimum atomic E-state index is -0.100. The lowest BCUT2D eigenvalue weighted by Crippen LogP contribution is -1.89. The third-order valence-electron chi connectivity index (χ3n) is 1.83. The van der Waals surface area contributed by atoms with Crippen LogP contribution in [-0.4, -0.2) is 0 Å². The SMILES string of the molecule is C=CCCc1ccc(C)cc1F. The van der Waals surface area contributed by atoms with Gasteiger partial charge in [-0.1, -0.05) is 18.2 Å². The molecule has 0 atom stereocenters. The van der Waals surface area contributed by atoms with E-state index in [9.17, 15) is 4.39 Å². The van der Waals surface area contributed by atoms with Crippen LogP contribution in [0.1, 0.15) is 17.5 Å². The molecule has 1 heteroatoms. The van der Waals surface area contributed by atoms with Crippen LogP contribution >= 0.6 is 0 Å². The highest BCUT2D eigenvalue weighted by molar-refractivity contribution is 5.23. The van der Waals surface area contributed by atoms with Crippen LogP contribution in [0, 0.1) is 12.7 Å². The summed E-state index contributed by atoms with van der Waals surface area (Å²) in [7, 11) is 0. The van der Waals surface area contributed by atoms with Crippen molar-refractivity contribution in [3.63, 3.8) is 0 Å². The Balaban J connectivity index is 2.78. The van der Waals surface area contributed by atoms with Gasteiger partial charge in [0.05, 0.1) is 0 Å². The van der Waals surface area contributed by atoms with Crippen molar-refractivity contribution in [3.05, 3.63) is 47.8 Å². The maximum absolute atomic E-state index is 13.1. The Hall–Kier alpha value is -1.11. The topological polar surface area (TPSA) is 0 Å². The molecule has 64 valence electrons. The summed E-state index contributed by atoms with van der Waals surface area (Å²) in [6.45, 7) is 5.49. The maximum atomic E-state index is 13.1. The van der Waals surface area contributed by atoms with E-state index in [4.69, 9.17) is 0 Å². The molecule has 0 bridgehead atoms. The normalized spacial score (nSPS) is 9.83. The maximum Gasteiger partial charge on any atom is 0.126 e. The van der Waals surface area contributed by atoms with Crippen molar-refractivity contribution < 1.29 is 4.39 Å². The van der Waals surface area contributed by atoms with Gasteiger partial charge in [-0.15, -0.1) is 6.58 Å². The van der Waals surface area contributed by atoms with E-state index >= 15 is 0 Å². The quantitative estimate of drug-likeness (QED) is 0.601. The fourth-order valence-electron chi connectivity index (χ4n) is 1.11. The van der Waals surface area contributed by atoms with Crippen LogP contribution in [0.4, 0.5) is 4.39 Å². The summed E-state index contributed by atoms with van der Waals surface area (Å²) in [5, 5.41) is 0. The highest BCUT2D eigenvalue weighted by Crippen LogP contribution is 2.11. The molecule has 0 spiro atoms. The van der Waals surface area contributed by atoms with Gasteiger partial charge in [-0.25, -0.2) is 4.39 Å². The number of allylic oxidation sites excluding steroid dienone is 1. The van der Waals surface area contributed by atoms with E-state index in [0.717, 1.165) is 24.0 Å². The molecule has 0 saturated carbocycles. The first kappa shape index (κ1) is 8.98. The molecule has 0 aromatic heterocycles.